The van der Waals surface area contributed by atoms with Crippen molar-refractivity contribution in [3.63, 3.8) is 0 Å². The van der Waals surface area contributed by atoms with Gasteiger partial charge in [-0.3, -0.25) is 0 Å². The molecule has 0 aromatic carbocycles. The topological polar surface area (TPSA) is 46.2 Å². The lowest BCUT2D eigenvalue weighted by molar-refractivity contribution is -0.202. The monoisotopic (exact) mass is 685 g/mol. The molecular weight excluding hydrogens is 608 g/mol. The fourth-order valence-corrected chi connectivity index (χ4v) is 12.9. The summed E-state index contributed by atoms with van der Waals surface area (Å²) >= 11 is 0. The molecule has 0 aromatic rings. The van der Waals surface area contributed by atoms with Crippen LogP contribution >= 0.6 is 0 Å². The van der Waals surface area contributed by atoms with Crippen molar-refractivity contribution in [1.82, 2.24) is 0 Å². The molecule has 3 aliphatic heterocycles. The average Bonchev–Trinajstić information content (AvgIpc) is 3.16. The summed E-state index contributed by atoms with van der Waals surface area (Å²) in [6.07, 6.45) is 34.3. The Bertz CT molecular complexity index is 908. The molecular formula is C44H76O5. The summed E-state index contributed by atoms with van der Waals surface area (Å²) in [6.45, 7) is 10.9. The molecule has 4 saturated carbocycles. The Balaban J connectivity index is 0.963. The zero-order valence-corrected chi connectivity index (χ0v) is 32.2. The van der Waals surface area contributed by atoms with Crippen LogP contribution in [0.4, 0.5) is 0 Å². The maximum Gasteiger partial charge on any atom is 0.157 e. The zero-order valence-electron chi connectivity index (χ0n) is 32.2. The summed E-state index contributed by atoms with van der Waals surface area (Å²) in [7, 11) is 0. The van der Waals surface area contributed by atoms with Crippen LogP contribution in [0.25, 0.3) is 0 Å². The van der Waals surface area contributed by atoms with Crippen LogP contribution in [0.1, 0.15) is 181 Å². The Morgan fingerprint density at radius 1 is 0.388 bits per heavy atom. The lowest BCUT2D eigenvalue weighted by Crippen LogP contribution is -2.48. The van der Waals surface area contributed by atoms with Gasteiger partial charge >= 0.3 is 0 Å². The Morgan fingerprint density at radius 2 is 0.776 bits per heavy atom. The number of ether oxygens (including phenoxy) is 5. The summed E-state index contributed by atoms with van der Waals surface area (Å²) in [6, 6.07) is 0. The average molecular weight is 685 g/mol. The molecule has 5 nitrogen and oxygen atoms in total. The molecule has 3 unspecified atom stereocenters. The van der Waals surface area contributed by atoms with Gasteiger partial charge in [0.05, 0.1) is 18.3 Å². The van der Waals surface area contributed by atoms with Gasteiger partial charge in [0.1, 0.15) is 0 Å². The van der Waals surface area contributed by atoms with E-state index in [0.717, 1.165) is 68.2 Å². The van der Waals surface area contributed by atoms with Crippen molar-refractivity contribution in [2.24, 2.45) is 46.3 Å². The molecule has 7 fully saturated rings. The van der Waals surface area contributed by atoms with Gasteiger partial charge in [0.25, 0.3) is 0 Å². The van der Waals surface area contributed by atoms with Gasteiger partial charge < -0.3 is 23.7 Å². The standard InChI is InChI=1S/C44H76O5/c1-43(2,33-15-13-32(14-16-33)40-10-4-7-29-45-40)34-17-19-35(20-18-34)44(3,36-21-25-38(26-22-36)48-41-11-5-8-30-46-41)37-23-27-39(28-24-37)49-42-12-6-9-31-47-42/h32-42H,4-31H2,1-3H3. The number of rotatable bonds is 10. The van der Waals surface area contributed by atoms with Crippen LogP contribution in [0, 0.1) is 46.3 Å². The van der Waals surface area contributed by atoms with Gasteiger partial charge in [-0.15, -0.1) is 0 Å². The lowest BCUT2D eigenvalue weighted by atomic mass is 9.50. The largest absolute Gasteiger partial charge is 0.378 e. The van der Waals surface area contributed by atoms with Gasteiger partial charge in [0.15, 0.2) is 12.6 Å². The molecule has 282 valence electrons. The first-order valence-electron chi connectivity index (χ1n) is 22.0. The molecule has 3 heterocycles. The predicted molar refractivity (Wildman–Crippen MR) is 197 cm³/mol. The first-order chi connectivity index (χ1) is 23.9. The van der Waals surface area contributed by atoms with Gasteiger partial charge in [-0.2, -0.15) is 0 Å². The van der Waals surface area contributed by atoms with E-state index in [0.29, 0.717) is 29.1 Å². The van der Waals surface area contributed by atoms with E-state index in [2.05, 4.69) is 20.8 Å². The third-order valence-electron chi connectivity index (χ3n) is 16.3. The third kappa shape index (κ3) is 8.96. The highest BCUT2D eigenvalue weighted by molar-refractivity contribution is 5.01. The minimum atomic E-state index is 0.0550. The predicted octanol–water partition coefficient (Wildman–Crippen LogP) is 11.4. The van der Waals surface area contributed by atoms with Crippen molar-refractivity contribution in [3.05, 3.63) is 0 Å². The second-order valence-electron chi connectivity index (χ2n) is 19.1. The Kier molecular flexibility index (Phi) is 13.1. The molecule has 0 bridgehead atoms. The number of hydrogen-bond donors (Lipinski definition) is 0. The molecule has 7 aliphatic rings. The SMILES string of the molecule is CC(C)(C1CCC(C2CCCCO2)CC1)C1CCC(C(C)(C2CCC(OC3CCCCO3)CC2)C2CCC(OC3CCCCO3)CC2)CC1. The first-order valence-corrected chi connectivity index (χ1v) is 22.0. The van der Waals surface area contributed by atoms with Crippen molar-refractivity contribution in [2.45, 2.75) is 212 Å². The van der Waals surface area contributed by atoms with Crippen LogP contribution in [0.5, 0.6) is 0 Å². The molecule has 0 radical (unpaired) electrons. The first kappa shape index (κ1) is 37.1. The van der Waals surface area contributed by atoms with Gasteiger partial charge in [-0.1, -0.05) is 20.8 Å². The third-order valence-corrected chi connectivity index (χ3v) is 16.3. The fourth-order valence-electron chi connectivity index (χ4n) is 12.9. The smallest absolute Gasteiger partial charge is 0.157 e. The van der Waals surface area contributed by atoms with E-state index >= 15 is 0 Å². The molecule has 0 amide bonds. The van der Waals surface area contributed by atoms with Crippen molar-refractivity contribution in [1.29, 1.82) is 0 Å². The highest BCUT2D eigenvalue weighted by Crippen LogP contribution is 2.59. The van der Waals surface area contributed by atoms with Crippen LogP contribution in [0.15, 0.2) is 0 Å². The van der Waals surface area contributed by atoms with Crippen LogP contribution in [-0.2, 0) is 23.7 Å². The lowest BCUT2D eigenvalue weighted by Gasteiger charge is -2.56. The highest BCUT2D eigenvalue weighted by atomic mass is 16.7. The van der Waals surface area contributed by atoms with Crippen molar-refractivity contribution < 1.29 is 23.7 Å². The minimum Gasteiger partial charge on any atom is -0.378 e. The molecule has 0 spiro atoms. The van der Waals surface area contributed by atoms with Crippen molar-refractivity contribution in [2.75, 3.05) is 19.8 Å². The van der Waals surface area contributed by atoms with E-state index in [1.807, 2.05) is 0 Å². The molecule has 0 N–H and O–H groups in total. The van der Waals surface area contributed by atoms with Crippen LogP contribution < -0.4 is 0 Å². The van der Waals surface area contributed by atoms with E-state index in [1.165, 1.54) is 148 Å². The van der Waals surface area contributed by atoms with Crippen LogP contribution in [-0.4, -0.2) is 50.7 Å². The van der Waals surface area contributed by atoms with Gasteiger partial charge in [0.2, 0.25) is 0 Å². The molecule has 0 aromatic heterocycles. The van der Waals surface area contributed by atoms with Crippen molar-refractivity contribution >= 4 is 0 Å². The number of hydrogen-bond acceptors (Lipinski definition) is 5. The van der Waals surface area contributed by atoms with E-state index in [4.69, 9.17) is 23.7 Å². The molecule has 4 aliphatic carbocycles. The second-order valence-corrected chi connectivity index (χ2v) is 19.1. The molecule has 5 heteroatoms. The summed E-state index contributed by atoms with van der Waals surface area (Å²) in [4.78, 5) is 0. The van der Waals surface area contributed by atoms with E-state index in [1.54, 1.807) is 0 Å². The molecule has 3 atom stereocenters. The summed E-state index contributed by atoms with van der Waals surface area (Å²) in [5, 5.41) is 0. The van der Waals surface area contributed by atoms with Gasteiger partial charge in [-0.05, 0) is 207 Å². The zero-order chi connectivity index (χ0) is 33.7. The van der Waals surface area contributed by atoms with Crippen molar-refractivity contribution in [3.8, 4) is 0 Å². The summed E-state index contributed by atoms with van der Waals surface area (Å²) in [5.74, 6) is 5.14. The molecule has 49 heavy (non-hydrogen) atoms. The maximum atomic E-state index is 6.56. The van der Waals surface area contributed by atoms with E-state index in [9.17, 15) is 0 Å². The highest BCUT2D eigenvalue weighted by Gasteiger charge is 2.51. The van der Waals surface area contributed by atoms with E-state index in [-0.39, 0.29) is 12.6 Å². The Morgan fingerprint density at radius 3 is 1.18 bits per heavy atom. The van der Waals surface area contributed by atoms with Gasteiger partial charge in [-0.25, -0.2) is 0 Å². The molecule has 7 rings (SSSR count). The normalized spacial score (nSPS) is 43.0. The van der Waals surface area contributed by atoms with Crippen LogP contribution in [0.2, 0.25) is 0 Å². The molecule has 3 saturated heterocycles. The Hall–Kier alpha value is -0.200. The minimum absolute atomic E-state index is 0.0550. The van der Waals surface area contributed by atoms with Crippen LogP contribution in [0.3, 0.4) is 0 Å². The summed E-state index contributed by atoms with van der Waals surface area (Å²) < 4.78 is 31.4. The van der Waals surface area contributed by atoms with E-state index < -0.39 is 0 Å². The Labute approximate surface area is 301 Å². The summed E-state index contributed by atoms with van der Waals surface area (Å²) in [5.41, 5.74) is 0.902. The second kappa shape index (κ2) is 17.3. The maximum absolute atomic E-state index is 6.56. The quantitative estimate of drug-likeness (QED) is 0.229. The van der Waals surface area contributed by atoms with Gasteiger partial charge in [0, 0.05) is 19.8 Å². The fraction of sp³-hybridized carbons (Fsp3) is 1.00.